The van der Waals surface area contributed by atoms with Crippen LogP contribution in [-0.2, 0) is 12.8 Å². The number of hydrogen-bond acceptors (Lipinski definition) is 3. The summed E-state index contributed by atoms with van der Waals surface area (Å²) in [4.78, 5) is 9.90. The first kappa shape index (κ1) is 8.99. The minimum Gasteiger partial charge on any atom is -0.493 e. The van der Waals surface area contributed by atoms with Gasteiger partial charge in [-0.05, 0) is 17.2 Å². The second-order valence-electron chi connectivity index (χ2n) is 3.35. The van der Waals surface area contributed by atoms with Crippen molar-refractivity contribution in [2.24, 2.45) is 0 Å². The van der Waals surface area contributed by atoms with Crippen LogP contribution >= 0.6 is 0 Å². The Labute approximate surface area is 81.7 Å². The average Bonchev–Trinajstić information content (AvgIpc) is 2.61. The van der Waals surface area contributed by atoms with Crippen molar-refractivity contribution in [1.29, 1.82) is 0 Å². The number of nitrogens with zero attached hydrogens (tertiary/aromatic N) is 1. The number of nitro groups is 1. The van der Waals surface area contributed by atoms with E-state index in [0.717, 1.165) is 24.3 Å². The van der Waals surface area contributed by atoms with E-state index in [-0.39, 0.29) is 11.5 Å². The lowest BCUT2D eigenvalue weighted by Crippen LogP contribution is -2.03. The molecule has 4 nitrogen and oxygen atoms in total. The van der Waals surface area contributed by atoms with Crippen molar-refractivity contribution in [3.05, 3.63) is 39.4 Å². The molecule has 1 aliphatic rings. The molecule has 2 rings (SSSR count). The molecular weight excluding hydrogens is 182 g/mol. The molecule has 1 aromatic rings. The maximum atomic E-state index is 10.2. The standard InChI is InChI=1S/C10H11NO3/c12-11(13)5-3-8-1-2-10-9(7-8)4-6-14-10/h1-2,7H,3-6H2. The summed E-state index contributed by atoms with van der Waals surface area (Å²) in [5, 5.41) is 10.2. The molecule has 0 bridgehead atoms. The quantitative estimate of drug-likeness (QED) is 0.539. The van der Waals surface area contributed by atoms with Crippen LogP contribution in [0.1, 0.15) is 11.1 Å². The van der Waals surface area contributed by atoms with Gasteiger partial charge < -0.3 is 4.74 Å². The summed E-state index contributed by atoms with van der Waals surface area (Å²) >= 11 is 0. The average molecular weight is 193 g/mol. The number of hydrogen-bond donors (Lipinski definition) is 0. The molecule has 0 unspecified atom stereocenters. The Morgan fingerprint density at radius 2 is 2.36 bits per heavy atom. The van der Waals surface area contributed by atoms with E-state index in [4.69, 9.17) is 4.74 Å². The molecule has 1 aliphatic heterocycles. The molecule has 74 valence electrons. The normalized spacial score (nSPS) is 13.4. The summed E-state index contributed by atoms with van der Waals surface area (Å²) in [5.41, 5.74) is 2.19. The van der Waals surface area contributed by atoms with Gasteiger partial charge in [0.1, 0.15) is 5.75 Å². The molecule has 4 heteroatoms. The first-order chi connectivity index (χ1) is 6.75. The van der Waals surface area contributed by atoms with Crippen LogP contribution in [0.4, 0.5) is 0 Å². The van der Waals surface area contributed by atoms with Crippen LogP contribution in [0.2, 0.25) is 0 Å². The monoisotopic (exact) mass is 193 g/mol. The first-order valence-corrected chi connectivity index (χ1v) is 4.62. The highest BCUT2D eigenvalue weighted by molar-refractivity contribution is 5.39. The summed E-state index contributed by atoms with van der Waals surface area (Å²) in [7, 11) is 0. The molecule has 0 amide bonds. The molecule has 1 heterocycles. The molecule has 0 atom stereocenters. The minimum absolute atomic E-state index is 0.000353. The van der Waals surface area contributed by atoms with Gasteiger partial charge in [-0.3, -0.25) is 10.1 Å². The van der Waals surface area contributed by atoms with Gasteiger partial charge in [-0.2, -0.15) is 0 Å². The van der Waals surface area contributed by atoms with Crippen LogP contribution < -0.4 is 4.74 Å². The SMILES string of the molecule is O=[N+]([O-])CCc1ccc2c(c1)CCO2. The zero-order valence-corrected chi connectivity index (χ0v) is 7.73. The van der Waals surface area contributed by atoms with Crippen molar-refractivity contribution in [2.75, 3.05) is 13.2 Å². The Kier molecular flexibility index (Phi) is 2.35. The molecular formula is C10H11NO3. The zero-order chi connectivity index (χ0) is 9.97. The molecule has 0 fully saturated rings. The van der Waals surface area contributed by atoms with Gasteiger partial charge in [0.15, 0.2) is 0 Å². The number of benzene rings is 1. The van der Waals surface area contributed by atoms with Crippen LogP contribution in [-0.4, -0.2) is 18.1 Å². The van der Waals surface area contributed by atoms with E-state index in [2.05, 4.69) is 0 Å². The molecule has 1 aromatic carbocycles. The van der Waals surface area contributed by atoms with Crippen LogP contribution in [0.15, 0.2) is 18.2 Å². The van der Waals surface area contributed by atoms with Crippen LogP contribution in [0.3, 0.4) is 0 Å². The highest BCUT2D eigenvalue weighted by atomic mass is 16.6. The second kappa shape index (κ2) is 3.65. The van der Waals surface area contributed by atoms with E-state index >= 15 is 0 Å². The fraction of sp³-hybridized carbons (Fsp3) is 0.400. The molecule has 0 N–H and O–H groups in total. The molecule has 0 spiro atoms. The van der Waals surface area contributed by atoms with E-state index in [1.807, 2.05) is 18.2 Å². The van der Waals surface area contributed by atoms with Crippen LogP contribution in [0.25, 0.3) is 0 Å². The third kappa shape index (κ3) is 1.84. The Morgan fingerprint density at radius 1 is 1.50 bits per heavy atom. The van der Waals surface area contributed by atoms with Crippen molar-refractivity contribution >= 4 is 0 Å². The number of fused-ring (bicyclic) bond motifs is 1. The first-order valence-electron chi connectivity index (χ1n) is 4.62. The summed E-state index contributed by atoms with van der Waals surface area (Å²) in [6.45, 7) is 0.730. The topological polar surface area (TPSA) is 52.4 Å². The van der Waals surface area contributed by atoms with Gasteiger partial charge in [-0.15, -0.1) is 0 Å². The summed E-state index contributed by atoms with van der Waals surface area (Å²) < 4.78 is 5.35. The third-order valence-corrected chi connectivity index (χ3v) is 2.34. The zero-order valence-electron chi connectivity index (χ0n) is 7.73. The maximum Gasteiger partial charge on any atom is 0.207 e. The third-order valence-electron chi connectivity index (χ3n) is 2.34. The van der Waals surface area contributed by atoms with Gasteiger partial charge in [-0.1, -0.05) is 12.1 Å². The van der Waals surface area contributed by atoms with E-state index in [0.29, 0.717) is 6.42 Å². The van der Waals surface area contributed by atoms with Crippen molar-refractivity contribution in [3.8, 4) is 5.75 Å². The van der Waals surface area contributed by atoms with Crippen molar-refractivity contribution in [1.82, 2.24) is 0 Å². The minimum atomic E-state index is -0.288. The molecule has 0 aromatic heterocycles. The van der Waals surface area contributed by atoms with Gasteiger partial charge in [0.05, 0.1) is 6.61 Å². The lowest BCUT2D eigenvalue weighted by atomic mass is 10.1. The Hall–Kier alpha value is -1.58. The van der Waals surface area contributed by atoms with Gasteiger partial charge >= 0.3 is 0 Å². The fourth-order valence-electron chi connectivity index (χ4n) is 1.62. The summed E-state index contributed by atoms with van der Waals surface area (Å²) in [5.74, 6) is 0.926. The summed E-state index contributed by atoms with van der Waals surface area (Å²) in [6, 6.07) is 5.80. The van der Waals surface area contributed by atoms with E-state index in [1.54, 1.807) is 0 Å². The smallest absolute Gasteiger partial charge is 0.207 e. The lowest BCUT2D eigenvalue weighted by molar-refractivity contribution is -0.479. The predicted molar refractivity (Wildman–Crippen MR) is 51.2 cm³/mol. The molecule has 14 heavy (non-hydrogen) atoms. The highest BCUT2D eigenvalue weighted by Crippen LogP contribution is 2.25. The van der Waals surface area contributed by atoms with Gasteiger partial charge in [0.25, 0.3) is 0 Å². The summed E-state index contributed by atoms with van der Waals surface area (Å²) in [6.07, 6.45) is 1.42. The molecule has 0 saturated heterocycles. The van der Waals surface area contributed by atoms with Gasteiger partial charge in [0, 0.05) is 17.8 Å². The Bertz CT molecular complexity index is 362. The molecule has 0 saturated carbocycles. The largest absolute Gasteiger partial charge is 0.493 e. The van der Waals surface area contributed by atoms with E-state index in [1.165, 1.54) is 5.56 Å². The van der Waals surface area contributed by atoms with Crippen molar-refractivity contribution in [3.63, 3.8) is 0 Å². The number of rotatable bonds is 3. The molecule has 0 radical (unpaired) electrons. The van der Waals surface area contributed by atoms with Gasteiger partial charge in [-0.25, -0.2) is 0 Å². The predicted octanol–water partition coefficient (Wildman–Crippen LogP) is 1.44. The van der Waals surface area contributed by atoms with Crippen LogP contribution in [0.5, 0.6) is 5.75 Å². The Balaban J connectivity index is 2.09. The van der Waals surface area contributed by atoms with E-state index < -0.39 is 0 Å². The van der Waals surface area contributed by atoms with Crippen LogP contribution in [0, 0.1) is 10.1 Å². The number of ether oxygens (including phenoxy) is 1. The Morgan fingerprint density at radius 3 is 3.14 bits per heavy atom. The van der Waals surface area contributed by atoms with Gasteiger partial charge in [0.2, 0.25) is 6.54 Å². The maximum absolute atomic E-state index is 10.2. The van der Waals surface area contributed by atoms with Crippen molar-refractivity contribution in [2.45, 2.75) is 12.8 Å². The van der Waals surface area contributed by atoms with Crippen molar-refractivity contribution < 1.29 is 9.66 Å². The second-order valence-corrected chi connectivity index (χ2v) is 3.35. The highest BCUT2D eigenvalue weighted by Gasteiger charge is 2.12. The van der Waals surface area contributed by atoms with E-state index in [9.17, 15) is 10.1 Å². The molecule has 0 aliphatic carbocycles. The fourth-order valence-corrected chi connectivity index (χ4v) is 1.62. The lowest BCUT2D eigenvalue weighted by Gasteiger charge is -2.01.